The average molecular weight is 207 g/mol. The highest BCUT2D eigenvalue weighted by molar-refractivity contribution is 7.10. The third kappa shape index (κ3) is 1.26. The van der Waals surface area contributed by atoms with Crippen LogP contribution in [0.1, 0.15) is 18.2 Å². The molecule has 1 saturated heterocycles. The van der Waals surface area contributed by atoms with Gasteiger partial charge in [0.1, 0.15) is 0 Å². The summed E-state index contributed by atoms with van der Waals surface area (Å²) in [7, 11) is 0. The summed E-state index contributed by atoms with van der Waals surface area (Å²) in [5.74, 6) is 0.0925. The monoisotopic (exact) mass is 207 g/mol. The van der Waals surface area contributed by atoms with E-state index in [0.717, 1.165) is 6.42 Å². The Balaban J connectivity index is 2.31. The fraction of sp³-hybridized carbons (Fsp3) is 0.545. The molecule has 0 aliphatic carbocycles. The second-order valence-corrected chi connectivity index (χ2v) is 4.66. The van der Waals surface area contributed by atoms with Crippen molar-refractivity contribution in [1.82, 2.24) is 0 Å². The standard InChI is InChI=1S/C11H13NOS/c1-2-9(6-12)11(7-13-8-11)10-4-3-5-14-10/h3-5,9H,2,7-8H2,1H3. The van der Waals surface area contributed by atoms with Gasteiger partial charge in [0, 0.05) is 4.88 Å². The van der Waals surface area contributed by atoms with Crippen LogP contribution in [0.2, 0.25) is 0 Å². The first kappa shape index (κ1) is 9.70. The van der Waals surface area contributed by atoms with Gasteiger partial charge in [-0.3, -0.25) is 0 Å². The molecule has 0 N–H and O–H groups in total. The summed E-state index contributed by atoms with van der Waals surface area (Å²) in [5, 5.41) is 11.2. The van der Waals surface area contributed by atoms with Crippen LogP contribution in [0, 0.1) is 17.2 Å². The van der Waals surface area contributed by atoms with Crippen LogP contribution in [-0.2, 0) is 10.2 Å². The zero-order valence-corrected chi connectivity index (χ0v) is 9.01. The zero-order valence-electron chi connectivity index (χ0n) is 8.19. The quantitative estimate of drug-likeness (QED) is 0.763. The predicted octanol–water partition coefficient (Wildman–Crippen LogP) is 2.57. The lowest BCUT2D eigenvalue weighted by Gasteiger charge is -2.43. The molecule has 0 spiro atoms. The first-order chi connectivity index (χ1) is 6.83. The van der Waals surface area contributed by atoms with Crippen molar-refractivity contribution in [3.63, 3.8) is 0 Å². The molecule has 0 bridgehead atoms. The topological polar surface area (TPSA) is 33.0 Å². The maximum absolute atomic E-state index is 9.12. The molecule has 1 aromatic rings. The van der Waals surface area contributed by atoms with Crippen LogP contribution in [0.15, 0.2) is 17.5 Å². The third-order valence-corrected chi connectivity index (χ3v) is 4.05. The summed E-state index contributed by atoms with van der Waals surface area (Å²) in [6.45, 7) is 3.49. The molecule has 14 heavy (non-hydrogen) atoms. The second kappa shape index (κ2) is 3.72. The SMILES string of the molecule is CCC(C#N)C1(c2cccs2)COC1. The Labute approximate surface area is 88.1 Å². The van der Waals surface area contributed by atoms with Crippen LogP contribution < -0.4 is 0 Å². The number of thiophene rings is 1. The van der Waals surface area contributed by atoms with E-state index in [9.17, 15) is 0 Å². The normalized spacial score (nSPS) is 20.9. The Kier molecular flexibility index (Phi) is 2.58. The fourth-order valence-electron chi connectivity index (χ4n) is 2.00. The first-order valence-electron chi connectivity index (χ1n) is 4.85. The number of rotatable bonds is 3. The van der Waals surface area contributed by atoms with Crippen LogP contribution in [0.25, 0.3) is 0 Å². The number of ether oxygens (including phenoxy) is 1. The molecular formula is C11H13NOS. The van der Waals surface area contributed by atoms with Crippen molar-refractivity contribution in [2.75, 3.05) is 13.2 Å². The summed E-state index contributed by atoms with van der Waals surface area (Å²) in [4.78, 5) is 1.30. The van der Waals surface area contributed by atoms with Crippen molar-refractivity contribution < 1.29 is 4.74 Å². The van der Waals surface area contributed by atoms with Gasteiger partial charge in [-0.1, -0.05) is 13.0 Å². The van der Waals surface area contributed by atoms with Crippen molar-refractivity contribution in [2.45, 2.75) is 18.8 Å². The Morgan fingerprint density at radius 2 is 2.50 bits per heavy atom. The molecule has 0 aromatic carbocycles. The molecule has 74 valence electrons. The molecule has 3 heteroatoms. The van der Waals surface area contributed by atoms with Crippen LogP contribution in [-0.4, -0.2) is 13.2 Å². The van der Waals surface area contributed by atoms with Gasteiger partial charge in [0.25, 0.3) is 0 Å². The Morgan fingerprint density at radius 1 is 1.71 bits per heavy atom. The van der Waals surface area contributed by atoms with Crippen molar-refractivity contribution >= 4 is 11.3 Å². The van der Waals surface area contributed by atoms with E-state index in [1.165, 1.54) is 4.88 Å². The fourth-order valence-corrected chi connectivity index (χ4v) is 2.96. The Hall–Kier alpha value is -0.850. The minimum atomic E-state index is -0.00231. The van der Waals surface area contributed by atoms with E-state index in [2.05, 4.69) is 24.4 Å². The van der Waals surface area contributed by atoms with Crippen molar-refractivity contribution in [1.29, 1.82) is 5.26 Å². The number of hydrogen-bond acceptors (Lipinski definition) is 3. The molecule has 0 saturated carbocycles. The lowest BCUT2D eigenvalue weighted by molar-refractivity contribution is -0.0785. The highest BCUT2D eigenvalue weighted by Crippen LogP contribution is 2.42. The van der Waals surface area contributed by atoms with E-state index in [1.54, 1.807) is 11.3 Å². The molecule has 1 aliphatic rings. The average Bonchev–Trinajstić information content (AvgIpc) is 2.63. The number of nitriles is 1. The van der Waals surface area contributed by atoms with E-state index in [0.29, 0.717) is 13.2 Å². The molecule has 1 atom stereocenters. The zero-order chi connectivity index (χ0) is 10.0. The molecular weight excluding hydrogens is 194 g/mol. The second-order valence-electron chi connectivity index (χ2n) is 3.72. The van der Waals surface area contributed by atoms with Crippen LogP contribution in [0.3, 0.4) is 0 Å². The van der Waals surface area contributed by atoms with E-state index in [1.807, 2.05) is 6.07 Å². The summed E-state index contributed by atoms with van der Waals surface area (Å²) < 4.78 is 5.30. The van der Waals surface area contributed by atoms with Crippen molar-refractivity contribution in [3.8, 4) is 6.07 Å². The van der Waals surface area contributed by atoms with Gasteiger partial charge in [-0.2, -0.15) is 5.26 Å². The van der Waals surface area contributed by atoms with Gasteiger partial charge in [0.05, 0.1) is 30.6 Å². The van der Waals surface area contributed by atoms with Gasteiger partial charge < -0.3 is 4.74 Å². The van der Waals surface area contributed by atoms with Crippen LogP contribution in [0.4, 0.5) is 0 Å². The summed E-state index contributed by atoms with van der Waals surface area (Å²) in [5.41, 5.74) is -0.00231. The van der Waals surface area contributed by atoms with Crippen LogP contribution in [0.5, 0.6) is 0 Å². The smallest absolute Gasteiger partial charge is 0.0671 e. The molecule has 2 heterocycles. The maximum atomic E-state index is 9.12. The molecule has 2 nitrogen and oxygen atoms in total. The van der Waals surface area contributed by atoms with Gasteiger partial charge in [-0.05, 0) is 17.9 Å². The predicted molar refractivity (Wildman–Crippen MR) is 56.2 cm³/mol. The summed E-state index contributed by atoms with van der Waals surface area (Å²) in [6.07, 6.45) is 0.901. The van der Waals surface area contributed by atoms with E-state index < -0.39 is 0 Å². The number of nitrogens with zero attached hydrogens (tertiary/aromatic N) is 1. The highest BCUT2D eigenvalue weighted by atomic mass is 32.1. The Morgan fingerprint density at radius 3 is 2.86 bits per heavy atom. The van der Waals surface area contributed by atoms with Gasteiger partial charge in [0.15, 0.2) is 0 Å². The van der Waals surface area contributed by atoms with Gasteiger partial charge in [0.2, 0.25) is 0 Å². The van der Waals surface area contributed by atoms with Crippen molar-refractivity contribution in [2.24, 2.45) is 5.92 Å². The molecule has 1 unspecified atom stereocenters. The van der Waals surface area contributed by atoms with Gasteiger partial charge in [-0.25, -0.2) is 0 Å². The third-order valence-electron chi connectivity index (χ3n) is 2.96. The minimum Gasteiger partial charge on any atom is -0.379 e. The first-order valence-corrected chi connectivity index (χ1v) is 5.73. The molecule has 0 radical (unpaired) electrons. The number of hydrogen-bond donors (Lipinski definition) is 0. The van der Waals surface area contributed by atoms with Gasteiger partial charge >= 0.3 is 0 Å². The molecule has 2 rings (SSSR count). The summed E-state index contributed by atoms with van der Waals surface area (Å²) >= 11 is 1.73. The van der Waals surface area contributed by atoms with Gasteiger partial charge in [-0.15, -0.1) is 11.3 Å². The molecule has 1 fully saturated rings. The molecule has 1 aliphatic heterocycles. The molecule has 1 aromatic heterocycles. The maximum Gasteiger partial charge on any atom is 0.0671 e. The van der Waals surface area contributed by atoms with E-state index in [4.69, 9.17) is 10.00 Å². The molecule has 0 amide bonds. The lowest BCUT2D eigenvalue weighted by atomic mass is 9.72. The minimum absolute atomic E-state index is 0.00231. The lowest BCUT2D eigenvalue weighted by Crippen LogP contribution is -2.51. The van der Waals surface area contributed by atoms with E-state index >= 15 is 0 Å². The summed E-state index contributed by atoms with van der Waals surface area (Å²) in [6, 6.07) is 6.57. The Bertz CT molecular complexity index is 335. The van der Waals surface area contributed by atoms with E-state index in [-0.39, 0.29) is 11.3 Å². The highest BCUT2D eigenvalue weighted by Gasteiger charge is 2.47. The largest absolute Gasteiger partial charge is 0.379 e. The van der Waals surface area contributed by atoms with Crippen molar-refractivity contribution in [3.05, 3.63) is 22.4 Å². The van der Waals surface area contributed by atoms with Crippen LogP contribution >= 0.6 is 11.3 Å².